The zero-order valence-electron chi connectivity index (χ0n) is 21.7. The Bertz CT molecular complexity index is 572. The SMILES string of the molecule is CCCCCCCCCCN(CCCCCCCCCC)S(=O)(=O)N[C@H]1OC[C@@H](O)[C@@H](O)[C@@H]1O. The van der Waals surface area contributed by atoms with Crippen LogP contribution in [0, 0.1) is 0 Å². The van der Waals surface area contributed by atoms with Gasteiger partial charge in [-0.1, -0.05) is 104 Å². The summed E-state index contributed by atoms with van der Waals surface area (Å²) in [6.45, 7) is 5.02. The van der Waals surface area contributed by atoms with Gasteiger partial charge in [0.15, 0.2) is 6.23 Å². The van der Waals surface area contributed by atoms with Crippen LogP contribution >= 0.6 is 0 Å². The molecule has 0 unspecified atom stereocenters. The summed E-state index contributed by atoms with van der Waals surface area (Å²) in [6, 6.07) is 0. The molecule has 4 atom stereocenters. The zero-order valence-corrected chi connectivity index (χ0v) is 22.5. The lowest BCUT2D eigenvalue weighted by Crippen LogP contribution is -2.60. The van der Waals surface area contributed by atoms with E-state index < -0.39 is 34.7 Å². The average Bonchev–Trinajstić information content (AvgIpc) is 2.81. The summed E-state index contributed by atoms with van der Waals surface area (Å²) in [5.74, 6) is 0. The molecule has 0 saturated carbocycles. The van der Waals surface area contributed by atoms with E-state index in [-0.39, 0.29) is 6.61 Å². The molecular weight excluding hydrogens is 456 g/mol. The molecule has 1 fully saturated rings. The highest BCUT2D eigenvalue weighted by Gasteiger charge is 2.40. The van der Waals surface area contributed by atoms with Crippen molar-refractivity contribution in [2.24, 2.45) is 0 Å². The number of unbranched alkanes of at least 4 members (excludes halogenated alkanes) is 14. The second-order valence-corrected chi connectivity index (χ2v) is 11.5. The molecule has 1 heterocycles. The molecule has 0 aliphatic carbocycles. The molecule has 0 bridgehead atoms. The molecule has 34 heavy (non-hydrogen) atoms. The van der Waals surface area contributed by atoms with Crippen molar-refractivity contribution in [3.63, 3.8) is 0 Å². The van der Waals surface area contributed by atoms with Gasteiger partial charge in [0.25, 0.3) is 10.2 Å². The van der Waals surface area contributed by atoms with E-state index in [9.17, 15) is 23.7 Å². The molecule has 9 heteroatoms. The lowest BCUT2D eigenvalue weighted by Gasteiger charge is -2.36. The van der Waals surface area contributed by atoms with E-state index in [4.69, 9.17) is 4.74 Å². The van der Waals surface area contributed by atoms with Crippen molar-refractivity contribution in [2.75, 3.05) is 19.7 Å². The Morgan fingerprint density at radius 1 is 0.706 bits per heavy atom. The van der Waals surface area contributed by atoms with Crippen LogP contribution in [0.25, 0.3) is 0 Å². The van der Waals surface area contributed by atoms with E-state index in [0.29, 0.717) is 13.1 Å². The van der Waals surface area contributed by atoms with Crippen LogP contribution in [-0.4, -0.2) is 72.3 Å². The number of aliphatic hydroxyl groups excluding tert-OH is 3. The molecule has 204 valence electrons. The predicted octanol–water partition coefficient (Wildman–Crippen LogP) is 3.84. The van der Waals surface area contributed by atoms with Crippen molar-refractivity contribution in [3.8, 4) is 0 Å². The number of nitrogens with zero attached hydrogens (tertiary/aromatic N) is 1. The van der Waals surface area contributed by atoms with Gasteiger partial charge in [-0.25, -0.2) is 0 Å². The lowest BCUT2D eigenvalue weighted by atomic mass is 10.1. The van der Waals surface area contributed by atoms with Crippen molar-refractivity contribution in [3.05, 3.63) is 0 Å². The monoisotopic (exact) mass is 508 g/mol. The van der Waals surface area contributed by atoms with Crippen LogP contribution in [0.3, 0.4) is 0 Å². The second-order valence-electron chi connectivity index (χ2n) is 9.77. The van der Waals surface area contributed by atoms with Crippen LogP contribution in [0.1, 0.15) is 117 Å². The van der Waals surface area contributed by atoms with Gasteiger partial charge in [-0.15, -0.1) is 0 Å². The maximum Gasteiger partial charge on any atom is 0.281 e. The van der Waals surface area contributed by atoms with Crippen molar-refractivity contribution >= 4 is 10.2 Å². The first kappa shape index (κ1) is 31.7. The summed E-state index contributed by atoms with van der Waals surface area (Å²) in [5, 5.41) is 29.6. The highest BCUT2D eigenvalue weighted by molar-refractivity contribution is 7.87. The van der Waals surface area contributed by atoms with E-state index in [1.807, 2.05) is 0 Å². The number of hydrogen-bond acceptors (Lipinski definition) is 6. The van der Waals surface area contributed by atoms with Gasteiger partial charge in [0.1, 0.15) is 18.3 Å². The molecule has 1 aliphatic heterocycles. The van der Waals surface area contributed by atoms with Gasteiger partial charge in [-0.2, -0.15) is 17.4 Å². The Balaban J connectivity index is 2.52. The summed E-state index contributed by atoms with van der Waals surface area (Å²) in [4.78, 5) is 0. The number of nitrogens with one attached hydrogen (secondary N) is 1. The Kier molecular flexibility index (Phi) is 17.6. The molecule has 0 amide bonds. The second kappa shape index (κ2) is 18.9. The first-order valence-electron chi connectivity index (χ1n) is 13.8. The standard InChI is InChI=1S/C25H52N2O6S/c1-3-5-7-9-11-13-15-17-19-27(20-18-16-14-12-10-8-6-4-2)34(31,32)26-25-24(30)23(29)22(28)21-33-25/h22-26,28-30H,3-21H2,1-2H3/t22-,23-,24+,25+/m1/s1. The van der Waals surface area contributed by atoms with Gasteiger partial charge in [0, 0.05) is 13.1 Å². The van der Waals surface area contributed by atoms with Crippen molar-refractivity contribution in [2.45, 2.75) is 141 Å². The minimum absolute atomic E-state index is 0.235. The van der Waals surface area contributed by atoms with Gasteiger partial charge in [0.2, 0.25) is 0 Å². The van der Waals surface area contributed by atoms with Gasteiger partial charge >= 0.3 is 0 Å². The predicted molar refractivity (Wildman–Crippen MR) is 137 cm³/mol. The number of ether oxygens (including phenoxy) is 1. The Labute approximate surface area is 208 Å². The molecule has 0 aromatic rings. The quantitative estimate of drug-likeness (QED) is 0.175. The third-order valence-corrected chi connectivity index (χ3v) is 8.20. The molecule has 0 spiro atoms. The molecule has 4 N–H and O–H groups in total. The van der Waals surface area contributed by atoms with Crippen LogP contribution < -0.4 is 4.72 Å². The molecular formula is C25H52N2O6S. The summed E-state index contributed by atoms with van der Waals surface area (Å²) in [5.41, 5.74) is 0. The normalized spacial score (nSPS) is 23.6. The minimum Gasteiger partial charge on any atom is -0.388 e. The first-order valence-corrected chi connectivity index (χ1v) is 15.2. The van der Waals surface area contributed by atoms with E-state index in [0.717, 1.165) is 38.5 Å². The fraction of sp³-hybridized carbons (Fsp3) is 1.00. The van der Waals surface area contributed by atoms with Gasteiger partial charge < -0.3 is 20.1 Å². The van der Waals surface area contributed by atoms with Crippen LogP contribution in [-0.2, 0) is 14.9 Å². The van der Waals surface area contributed by atoms with Gasteiger partial charge in [-0.05, 0) is 12.8 Å². The highest BCUT2D eigenvalue weighted by atomic mass is 32.2. The van der Waals surface area contributed by atoms with E-state index in [1.54, 1.807) is 0 Å². The third-order valence-electron chi connectivity index (χ3n) is 6.63. The third kappa shape index (κ3) is 13.1. The van der Waals surface area contributed by atoms with Gasteiger partial charge in [0.05, 0.1) is 6.61 Å². The Morgan fingerprint density at radius 3 is 1.56 bits per heavy atom. The maximum absolute atomic E-state index is 13.1. The van der Waals surface area contributed by atoms with E-state index in [2.05, 4.69) is 18.6 Å². The van der Waals surface area contributed by atoms with Crippen LogP contribution in [0.4, 0.5) is 0 Å². The van der Waals surface area contributed by atoms with E-state index >= 15 is 0 Å². The molecule has 0 aromatic heterocycles. The zero-order chi connectivity index (χ0) is 25.2. The fourth-order valence-electron chi connectivity index (χ4n) is 4.33. The van der Waals surface area contributed by atoms with Crippen LogP contribution in [0.5, 0.6) is 0 Å². The Hall–Kier alpha value is -0.290. The van der Waals surface area contributed by atoms with Crippen LogP contribution in [0.2, 0.25) is 0 Å². The molecule has 1 rings (SSSR count). The molecule has 0 aromatic carbocycles. The minimum atomic E-state index is -3.90. The maximum atomic E-state index is 13.1. The summed E-state index contributed by atoms with van der Waals surface area (Å²) in [6.07, 6.45) is 12.7. The number of hydrogen-bond donors (Lipinski definition) is 4. The van der Waals surface area contributed by atoms with Crippen LogP contribution in [0.15, 0.2) is 0 Å². The largest absolute Gasteiger partial charge is 0.388 e. The first-order chi connectivity index (χ1) is 16.3. The average molecular weight is 509 g/mol. The number of rotatable bonds is 21. The van der Waals surface area contributed by atoms with Crippen molar-refractivity contribution in [1.29, 1.82) is 0 Å². The summed E-state index contributed by atoms with van der Waals surface area (Å²) >= 11 is 0. The lowest BCUT2D eigenvalue weighted by molar-refractivity contribution is -0.189. The Morgan fingerprint density at radius 2 is 1.12 bits per heavy atom. The van der Waals surface area contributed by atoms with Crippen molar-refractivity contribution < 1.29 is 28.5 Å². The molecule has 0 radical (unpaired) electrons. The van der Waals surface area contributed by atoms with Crippen molar-refractivity contribution in [1.82, 2.24) is 9.03 Å². The van der Waals surface area contributed by atoms with Gasteiger partial charge in [-0.3, -0.25) is 0 Å². The summed E-state index contributed by atoms with van der Waals surface area (Å²) in [7, 11) is -3.90. The van der Waals surface area contributed by atoms with E-state index in [1.165, 1.54) is 68.5 Å². The number of aliphatic hydroxyl groups is 3. The molecule has 1 aliphatic rings. The molecule has 8 nitrogen and oxygen atoms in total. The summed E-state index contributed by atoms with van der Waals surface area (Å²) < 4.78 is 35.3. The molecule has 1 saturated heterocycles. The highest BCUT2D eigenvalue weighted by Crippen LogP contribution is 2.17. The topological polar surface area (TPSA) is 119 Å². The smallest absolute Gasteiger partial charge is 0.281 e. The fourth-order valence-corrected chi connectivity index (χ4v) is 5.72.